The molecule has 4 aromatic rings. The van der Waals surface area contributed by atoms with E-state index in [0.717, 1.165) is 20.3 Å². The van der Waals surface area contributed by atoms with Gasteiger partial charge in [0, 0.05) is 28.9 Å². The van der Waals surface area contributed by atoms with Gasteiger partial charge in [-0.15, -0.1) is 0 Å². The quantitative estimate of drug-likeness (QED) is 0.287. The second-order valence-corrected chi connectivity index (χ2v) is 11.4. The Labute approximate surface area is 216 Å². The van der Waals surface area contributed by atoms with E-state index in [9.17, 15) is 13.2 Å². The van der Waals surface area contributed by atoms with Crippen LogP contribution in [0.2, 0.25) is 0 Å². The Balaban J connectivity index is 1.58. The number of ether oxygens (including phenoxy) is 1. The van der Waals surface area contributed by atoms with Crippen molar-refractivity contribution >= 4 is 59.1 Å². The maximum absolute atomic E-state index is 12.9. The summed E-state index contributed by atoms with van der Waals surface area (Å²) in [6, 6.07) is 18.8. The number of rotatable bonds is 8. The van der Waals surface area contributed by atoms with E-state index in [-0.39, 0.29) is 4.90 Å². The van der Waals surface area contributed by atoms with E-state index in [0.29, 0.717) is 35.8 Å². The lowest BCUT2D eigenvalue weighted by Crippen LogP contribution is -2.19. The Morgan fingerprint density at radius 1 is 1.09 bits per heavy atom. The first kappa shape index (κ1) is 25.3. The third-order valence-corrected chi connectivity index (χ3v) is 8.15. The number of aryl methyl sites for hydroxylation is 1. The van der Waals surface area contributed by atoms with Crippen LogP contribution in [-0.4, -0.2) is 32.1 Å². The number of halogens is 1. The number of aromatic nitrogens is 1. The predicted octanol–water partition coefficient (Wildman–Crippen LogP) is 5.35. The van der Waals surface area contributed by atoms with Crippen molar-refractivity contribution in [3.63, 3.8) is 0 Å². The van der Waals surface area contributed by atoms with E-state index >= 15 is 0 Å². The maximum Gasteiger partial charge on any atom is 0.279 e. The van der Waals surface area contributed by atoms with Gasteiger partial charge >= 0.3 is 0 Å². The Hall–Kier alpha value is -2.79. The van der Waals surface area contributed by atoms with Crippen LogP contribution in [0.1, 0.15) is 22.8 Å². The number of carbonyl (C=O) groups is 1. The molecule has 4 rings (SSSR count). The number of amides is 1. The number of nitrogens with one attached hydrogen (secondary N) is 1. The van der Waals surface area contributed by atoms with Gasteiger partial charge < -0.3 is 9.30 Å². The Bertz CT molecular complexity index is 1520. The molecule has 3 aromatic carbocycles. The molecular weight excluding hydrogens is 550 g/mol. The normalized spacial score (nSPS) is 12.3. The SMILES string of the molecule is CCOCCn1c(=NC(=O)c2ccc(NS(=O)(=O)c3ccc(C)cc3)cc2)sc2cc(Br)ccc21. The zero-order valence-corrected chi connectivity index (χ0v) is 22.4. The molecule has 0 bridgehead atoms. The summed E-state index contributed by atoms with van der Waals surface area (Å²) in [7, 11) is -3.72. The highest BCUT2D eigenvalue weighted by Crippen LogP contribution is 2.23. The van der Waals surface area contributed by atoms with Crippen LogP contribution in [0.25, 0.3) is 10.2 Å². The number of fused-ring (bicyclic) bond motifs is 1. The van der Waals surface area contributed by atoms with Gasteiger partial charge in [-0.3, -0.25) is 9.52 Å². The molecule has 0 aliphatic heterocycles. The van der Waals surface area contributed by atoms with Gasteiger partial charge in [-0.25, -0.2) is 8.42 Å². The number of hydrogen-bond donors (Lipinski definition) is 1. The summed E-state index contributed by atoms with van der Waals surface area (Å²) in [5, 5.41) is 0. The van der Waals surface area contributed by atoms with E-state index in [1.165, 1.54) is 11.3 Å². The topological polar surface area (TPSA) is 89.8 Å². The van der Waals surface area contributed by atoms with Crippen molar-refractivity contribution < 1.29 is 17.9 Å². The molecule has 0 unspecified atom stereocenters. The van der Waals surface area contributed by atoms with Crippen LogP contribution in [0, 0.1) is 6.92 Å². The minimum atomic E-state index is -3.72. The summed E-state index contributed by atoms with van der Waals surface area (Å²) in [4.78, 5) is 18.1. The third-order valence-electron chi connectivity index (χ3n) is 5.22. The summed E-state index contributed by atoms with van der Waals surface area (Å²) in [6.45, 7) is 5.52. The minimum absolute atomic E-state index is 0.172. The van der Waals surface area contributed by atoms with Gasteiger partial charge in [0.25, 0.3) is 15.9 Å². The van der Waals surface area contributed by atoms with Crippen LogP contribution in [-0.2, 0) is 21.3 Å². The van der Waals surface area contributed by atoms with Gasteiger partial charge in [-0.05, 0) is 68.4 Å². The second-order valence-electron chi connectivity index (χ2n) is 7.76. The molecule has 0 fully saturated rings. The molecule has 1 N–H and O–H groups in total. The number of sulfonamides is 1. The maximum atomic E-state index is 12.9. The summed E-state index contributed by atoms with van der Waals surface area (Å²) in [5.74, 6) is -0.409. The lowest BCUT2D eigenvalue weighted by molar-refractivity contribution is 0.0996. The predicted molar refractivity (Wildman–Crippen MR) is 142 cm³/mol. The summed E-state index contributed by atoms with van der Waals surface area (Å²) < 4.78 is 37.2. The molecule has 1 heterocycles. The molecule has 0 atom stereocenters. The highest BCUT2D eigenvalue weighted by molar-refractivity contribution is 9.10. The van der Waals surface area contributed by atoms with Gasteiger partial charge in [0.05, 0.1) is 21.7 Å². The second kappa shape index (κ2) is 10.9. The molecule has 35 heavy (non-hydrogen) atoms. The van der Waals surface area contributed by atoms with E-state index in [4.69, 9.17) is 4.74 Å². The van der Waals surface area contributed by atoms with Crippen molar-refractivity contribution in [2.45, 2.75) is 25.3 Å². The van der Waals surface area contributed by atoms with Gasteiger partial charge in [0.1, 0.15) is 0 Å². The van der Waals surface area contributed by atoms with Gasteiger partial charge in [-0.1, -0.05) is 45.0 Å². The van der Waals surface area contributed by atoms with E-state index in [1.54, 1.807) is 48.5 Å². The smallest absolute Gasteiger partial charge is 0.279 e. The molecule has 0 aliphatic carbocycles. The fraction of sp³-hybridized carbons (Fsp3) is 0.200. The van der Waals surface area contributed by atoms with Crippen LogP contribution >= 0.6 is 27.3 Å². The zero-order valence-electron chi connectivity index (χ0n) is 19.2. The van der Waals surface area contributed by atoms with Crippen molar-refractivity contribution in [3.8, 4) is 0 Å². The standard InChI is InChI=1S/C25H24BrN3O4S2/c1-3-33-15-14-29-22-13-8-19(26)16-23(22)34-25(29)27-24(30)18-6-9-20(10-7-18)28-35(31,32)21-11-4-17(2)5-12-21/h4-13,16,28H,3,14-15H2,1-2H3. The summed E-state index contributed by atoms with van der Waals surface area (Å²) in [5.41, 5.74) is 2.67. The van der Waals surface area contributed by atoms with Crippen LogP contribution < -0.4 is 9.52 Å². The molecule has 0 spiro atoms. The lowest BCUT2D eigenvalue weighted by Gasteiger charge is -2.08. The van der Waals surface area contributed by atoms with E-state index in [1.807, 2.05) is 36.6 Å². The molecule has 1 aromatic heterocycles. The molecule has 0 radical (unpaired) electrons. The van der Waals surface area contributed by atoms with Crippen LogP contribution in [0.5, 0.6) is 0 Å². The number of carbonyl (C=O) groups excluding carboxylic acids is 1. The average Bonchev–Trinajstić information content (AvgIpc) is 3.15. The van der Waals surface area contributed by atoms with Gasteiger partial charge in [0.2, 0.25) is 0 Å². The Morgan fingerprint density at radius 3 is 2.49 bits per heavy atom. The monoisotopic (exact) mass is 573 g/mol. The van der Waals surface area contributed by atoms with Crippen LogP contribution in [0.3, 0.4) is 0 Å². The Morgan fingerprint density at radius 2 is 1.80 bits per heavy atom. The molecule has 7 nitrogen and oxygen atoms in total. The van der Waals surface area contributed by atoms with Gasteiger partial charge in [-0.2, -0.15) is 4.99 Å². The van der Waals surface area contributed by atoms with Crippen molar-refractivity contribution in [3.05, 3.63) is 87.1 Å². The first-order chi connectivity index (χ1) is 16.8. The van der Waals surface area contributed by atoms with Gasteiger partial charge in [0.15, 0.2) is 4.80 Å². The van der Waals surface area contributed by atoms with Crippen molar-refractivity contribution in [1.29, 1.82) is 0 Å². The average molecular weight is 575 g/mol. The summed E-state index contributed by atoms with van der Waals surface area (Å²) >= 11 is 4.92. The largest absolute Gasteiger partial charge is 0.380 e. The number of benzene rings is 3. The molecule has 10 heteroatoms. The molecule has 0 aliphatic rings. The molecular formula is C25H24BrN3O4S2. The molecule has 0 saturated heterocycles. The Kier molecular flexibility index (Phi) is 7.85. The fourth-order valence-electron chi connectivity index (χ4n) is 3.41. The lowest BCUT2D eigenvalue weighted by atomic mass is 10.2. The third kappa shape index (κ3) is 6.07. The summed E-state index contributed by atoms with van der Waals surface area (Å²) in [6.07, 6.45) is 0. The van der Waals surface area contributed by atoms with Crippen molar-refractivity contribution in [2.75, 3.05) is 17.9 Å². The number of thiazole rings is 1. The number of nitrogens with zero attached hydrogens (tertiary/aromatic N) is 2. The highest BCUT2D eigenvalue weighted by atomic mass is 79.9. The van der Waals surface area contributed by atoms with E-state index < -0.39 is 15.9 Å². The van der Waals surface area contributed by atoms with Crippen molar-refractivity contribution in [2.24, 2.45) is 4.99 Å². The zero-order chi connectivity index (χ0) is 25.0. The highest BCUT2D eigenvalue weighted by Gasteiger charge is 2.15. The number of hydrogen-bond acceptors (Lipinski definition) is 5. The molecule has 1 amide bonds. The molecule has 0 saturated carbocycles. The first-order valence-corrected chi connectivity index (χ1v) is 14.0. The fourth-order valence-corrected chi connectivity index (χ4v) is 6.08. The first-order valence-electron chi connectivity index (χ1n) is 10.9. The minimum Gasteiger partial charge on any atom is -0.380 e. The van der Waals surface area contributed by atoms with Crippen LogP contribution in [0.4, 0.5) is 5.69 Å². The van der Waals surface area contributed by atoms with Crippen LogP contribution in [0.15, 0.2) is 81.1 Å². The van der Waals surface area contributed by atoms with E-state index in [2.05, 4.69) is 25.6 Å². The molecule has 182 valence electrons. The number of anilines is 1. The van der Waals surface area contributed by atoms with Crippen molar-refractivity contribution in [1.82, 2.24) is 4.57 Å².